The van der Waals surface area contributed by atoms with Crippen molar-refractivity contribution in [2.45, 2.75) is 25.1 Å². The maximum absolute atomic E-state index is 11.7. The first-order valence-electron chi connectivity index (χ1n) is 7.86. The predicted molar refractivity (Wildman–Crippen MR) is 88.9 cm³/mol. The van der Waals surface area contributed by atoms with Crippen molar-refractivity contribution < 1.29 is 14.3 Å². The van der Waals surface area contributed by atoms with Crippen molar-refractivity contribution in [1.29, 1.82) is 0 Å². The highest BCUT2D eigenvalue weighted by Crippen LogP contribution is 2.26. The van der Waals surface area contributed by atoms with E-state index >= 15 is 0 Å². The molecule has 1 aromatic carbocycles. The molecule has 1 aromatic heterocycles. The number of hydrogen-bond donors (Lipinski definition) is 1. The van der Waals surface area contributed by atoms with Gasteiger partial charge < -0.3 is 15.2 Å². The van der Waals surface area contributed by atoms with Crippen LogP contribution in [0.5, 0.6) is 5.75 Å². The normalized spacial score (nSPS) is 21.1. The molecule has 0 spiro atoms. The Balaban J connectivity index is 1.87. The lowest BCUT2D eigenvalue weighted by Gasteiger charge is -2.22. The number of nitrogens with zero attached hydrogens (tertiary/aromatic N) is 3. The number of amides is 1. The molecule has 7 heteroatoms. The Bertz CT molecular complexity index is 715. The topological polar surface area (TPSA) is 82.6 Å². The second-order valence-corrected chi connectivity index (χ2v) is 5.85. The van der Waals surface area contributed by atoms with Gasteiger partial charge in [-0.25, -0.2) is 4.68 Å². The number of benzene rings is 1. The largest absolute Gasteiger partial charge is 0.494 e. The fourth-order valence-electron chi connectivity index (χ4n) is 3.18. The number of nitrogens with two attached hydrogens (primary N) is 1. The highest BCUT2D eigenvalue weighted by atomic mass is 16.5. The number of likely N-dealkylation sites (tertiary alicyclic amines) is 1. The zero-order valence-electron chi connectivity index (χ0n) is 13.9. The monoisotopic (exact) mass is 330 g/mol. The van der Waals surface area contributed by atoms with E-state index in [1.54, 1.807) is 20.4 Å². The lowest BCUT2D eigenvalue weighted by molar-refractivity contribution is -0.122. The second kappa shape index (κ2) is 7.02. The lowest BCUT2D eigenvalue weighted by Crippen LogP contribution is -2.40. The van der Waals surface area contributed by atoms with Crippen LogP contribution in [0.4, 0.5) is 0 Å². The summed E-state index contributed by atoms with van der Waals surface area (Å²) in [6.45, 7) is 1.23. The quantitative estimate of drug-likeness (QED) is 0.853. The molecule has 7 nitrogen and oxygen atoms in total. The summed E-state index contributed by atoms with van der Waals surface area (Å²) in [4.78, 5) is 13.8. The van der Waals surface area contributed by atoms with E-state index in [4.69, 9.17) is 15.2 Å². The van der Waals surface area contributed by atoms with Gasteiger partial charge in [-0.3, -0.25) is 9.69 Å². The molecule has 1 fully saturated rings. The molecule has 1 saturated heterocycles. The first-order valence-corrected chi connectivity index (χ1v) is 7.86. The Morgan fingerprint density at radius 3 is 2.83 bits per heavy atom. The van der Waals surface area contributed by atoms with E-state index in [-0.39, 0.29) is 18.1 Å². The molecule has 2 atom stereocenters. The zero-order valence-corrected chi connectivity index (χ0v) is 13.9. The van der Waals surface area contributed by atoms with Crippen LogP contribution in [0.15, 0.2) is 36.5 Å². The maximum atomic E-state index is 11.7. The van der Waals surface area contributed by atoms with Crippen LogP contribution >= 0.6 is 0 Å². The minimum atomic E-state index is -0.323. The number of ether oxygens (including phenoxy) is 2. The van der Waals surface area contributed by atoms with E-state index in [1.165, 1.54) is 0 Å². The van der Waals surface area contributed by atoms with Crippen LogP contribution in [0, 0.1) is 0 Å². The van der Waals surface area contributed by atoms with Gasteiger partial charge in [-0.15, -0.1) is 0 Å². The van der Waals surface area contributed by atoms with E-state index < -0.39 is 0 Å². The Morgan fingerprint density at radius 2 is 2.12 bits per heavy atom. The fraction of sp³-hybridized carbons (Fsp3) is 0.412. The fourth-order valence-corrected chi connectivity index (χ4v) is 3.18. The molecule has 0 aliphatic carbocycles. The van der Waals surface area contributed by atoms with Gasteiger partial charge >= 0.3 is 0 Å². The van der Waals surface area contributed by atoms with E-state index in [0.29, 0.717) is 19.5 Å². The van der Waals surface area contributed by atoms with Crippen LogP contribution in [-0.4, -0.2) is 53.5 Å². The van der Waals surface area contributed by atoms with Crippen molar-refractivity contribution in [2.24, 2.45) is 5.73 Å². The van der Waals surface area contributed by atoms with E-state index in [9.17, 15) is 4.79 Å². The highest BCUT2D eigenvalue weighted by molar-refractivity contribution is 5.80. The average molecular weight is 330 g/mol. The molecule has 0 saturated carbocycles. The standard InChI is InChI=1S/C17H22N4O3/c1-23-13-9-15(17(18)22)20(11-13)10-12-7-8-19-21(12)14-5-3-4-6-16(14)24-2/h3-8,13,15H,9-11H2,1-2H3,(H2,18,22)/t13-,15-/m0/s1. The van der Waals surface area contributed by atoms with Crippen LogP contribution in [0.25, 0.3) is 5.69 Å². The predicted octanol–water partition coefficient (Wildman–Crippen LogP) is 0.955. The van der Waals surface area contributed by atoms with Gasteiger partial charge in [0.05, 0.1) is 24.9 Å². The number of hydrogen-bond acceptors (Lipinski definition) is 5. The van der Waals surface area contributed by atoms with Crippen LogP contribution in [0.2, 0.25) is 0 Å². The van der Waals surface area contributed by atoms with Crippen LogP contribution in [0.3, 0.4) is 0 Å². The highest BCUT2D eigenvalue weighted by Gasteiger charge is 2.36. The van der Waals surface area contributed by atoms with Gasteiger partial charge in [0.1, 0.15) is 11.4 Å². The molecule has 0 radical (unpaired) electrons. The maximum Gasteiger partial charge on any atom is 0.234 e. The number of carbonyl (C=O) groups is 1. The van der Waals surface area contributed by atoms with Gasteiger partial charge in [-0.05, 0) is 24.6 Å². The molecular formula is C17H22N4O3. The van der Waals surface area contributed by atoms with Crippen molar-refractivity contribution in [1.82, 2.24) is 14.7 Å². The van der Waals surface area contributed by atoms with Crippen LogP contribution in [0.1, 0.15) is 12.1 Å². The third kappa shape index (κ3) is 3.13. The minimum Gasteiger partial charge on any atom is -0.494 e. The number of methoxy groups -OCH3 is 2. The Hall–Kier alpha value is -2.38. The molecule has 24 heavy (non-hydrogen) atoms. The van der Waals surface area contributed by atoms with Crippen molar-refractivity contribution >= 4 is 5.91 Å². The van der Waals surface area contributed by atoms with E-state index in [2.05, 4.69) is 5.10 Å². The number of para-hydroxylation sites is 2. The third-order valence-corrected chi connectivity index (χ3v) is 4.43. The number of primary amides is 1. The van der Waals surface area contributed by atoms with Gasteiger partial charge in [-0.1, -0.05) is 12.1 Å². The summed E-state index contributed by atoms with van der Waals surface area (Å²) in [7, 11) is 3.29. The van der Waals surface area contributed by atoms with Gasteiger partial charge in [0.2, 0.25) is 5.91 Å². The van der Waals surface area contributed by atoms with Gasteiger partial charge in [0.25, 0.3) is 0 Å². The summed E-state index contributed by atoms with van der Waals surface area (Å²) in [5.74, 6) is 0.419. The molecule has 0 unspecified atom stereocenters. The van der Waals surface area contributed by atoms with Gasteiger partial charge in [-0.2, -0.15) is 5.10 Å². The Morgan fingerprint density at radius 1 is 1.33 bits per heavy atom. The second-order valence-electron chi connectivity index (χ2n) is 5.85. The summed E-state index contributed by atoms with van der Waals surface area (Å²) in [6.07, 6.45) is 2.38. The summed E-state index contributed by atoms with van der Waals surface area (Å²) < 4.78 is 12.7. The number of aromatic nitrogens is 2. The summed E-state index contributed by atoms with van der Waals surface area (Å²) in [5.41, 5.74) is 7.37. The molecule has 1 aliphatic heterocycles. The third-order valence-electron chi connectivity index (χ3n) is 4.43. The number of carbonyl (C=O) groups excluding carboxylic acids is 1. The lowest BCUT2D eigenvalue weighted by atomic mass is 10.2. The minimum absolute atomic E-state index is 0.0186. The molecular weight excluding hydrogens is 308 g/mol. The first kappa shape index (κ1) is 16.5. The molecule has 3 rings (SSSR count). The van der Waals surface area contributed by atoms with Crippen molar-refractivity contribution in [3.05, 3.63) is 42.2 Å². The summed E-state index contributed by atoms with van der Waals surface area (Å²) in [6, 6.07) is 9.30. The van der Waals surface area contributed by atoms with Crippen LogP contribution in [-0.2, 0) is 16.1 Å². The molecule has 2 aromatic rings. The average Bonchev–Trinajstić information content (AvgIpc) is 3.22. The Labute approximate surface area is 140 Å². The smallest absolute Gasteiger partial charge is 0.234 e. The van der Waals surface area contributed by atoms with Gasteiger partial charge in [0, 0.05) is 26.4 Å². The Kier molecular flexibility index (Phi) is 4.82. The van der Waals surface area contributed by atoms with E-state index in [0.717, 1.165) is 17.1 Å². The molecule has 1 amide bonds. The zero-order chi connectivity index (χ0) is 17.1. The first-order chi connectivity index (χ1) is 11.6. The molecule has 1 aliphatic rings. The number of rotatable bonds is 6. The van der Waals surface area contributed by atoms with Crippen molar-refractivity contribution in [3.63, 3.8) is 0 Å². The van der Waals surface area contributed by atoms with Crippen LogP contribution < -0.4 is 10.5 Å². The molecule has 128 valence electrons. The summed E-state index contributed by atoms with van der Waals surface area (Å²) in [5, 5.41) is 4.41. The van der Waals surface area contributed by atoms with Crippen molar-refractivity contribution in [2.75, 3.05) is 20.8 Å². The van der Waals surface area contributed by atoms with Gasteiger partial charge in [0.15, 0.2) is 0 Å². The molecule has 0 bridgehead atoms. The summed E-state index contributed by atoms with van der Waals surface area (Å²) >= 11 is 0. The van der Waals surface area contributed by atoms with E-state index in [1.807, 2.05) is 39.9 Å². The van der Waals surface area contributed by atoms with Crippen molar-refractivity contribution in [3.8, 4) is 11.4 Å². The molecule has 2 N–H and O–H groups in total. The SMILES string of the molecule is COc1ccccc1-n1nccc1CN1C[C@@H](OC)C[C@H]1C(N)=O. The molecule has 2 heterocycles.